The topological polar surface area (TPSA) is 47.3 Å². The van der Waals surface area contributed by atoms with Gasteiger partial charge in [0.25, 0.3) is 0 Å². The number of thiophene rings is 1. The number of rotatable bonds is 5. The number of halogens is 1. The molecule has 3 N–H and O–H groups in total. The van der Waals surface area contributed by atoms with Gasteiger partial charge in [-0.1, -0.05) is 0 Å². The lowest BCUT2D eigenvalue weighted by atomic mass is 10.2. The second kappa shape index (κ2) is 5.55. The Kier molecular flexibility index (Phi) is 4.06. The molecular formula is C12H15FN2OS. The Labute approximate surface area is 103 Å². The second-order valence-corrected chi connectivity index (χ2v) is 4.82. The van der Waals surface area contributed by atoms with Crippen LogP contribution in [-0.2, 0) is 4.74 Å². The molecule has 0 amide bonds. The standard InChI is InChI=1S/C12H15FN2OS/c1-2-16-7-10(15-14)12-6-8-5-9(13)3-4-11(8)17-12/h3-6,10,15H,2,7,14H2,1H3. The first kappa shape index (κ1) is 12.4. The lowest BCUT2D eigenvalue weighted by Crippen LogP contribution is -2.30. The fourth-order valence-electron chi connectivity index (χ4n) is 1.65. The van der Waals surface area contributed by atoms with Crippen LogP contribution in [0, 0.1) is 5.82 Å². The summed E-state index contributed by atoms with van der Waals surface area (Å²) in [4.78, 5) is 1.06. The van der Waals surface area contributed by atoms with Crippen molar-refractivity contribution in [3.63, 3.8) is 0 Å². The number of hydrogen-bond donors (Lipinski definition) is 2. The highest BCUT2D eigenvalue weighted by molar-refractivity contribution is 7.19. The van der Waals surface area contributed by atoms with Gasteiger partial charge >= 0.3 is 0 Å². The molecule has 1 unspecified atom stereocenters. The number of hydrazine groups is 1. The van der Waals surface area contributed by atoms with Gasteiger partial charge in [0.1, 0.15) is 5.82 Å². The second-order valence-electron chi connectivity index (χ2n) is 3.71. The van der Waals surface area contributed by atoms with Gasteiger partial charge in [0.2, 0.25) is 0 Å². The molecule has 0 aliphatic heterocycles. The summed E-state index contributed by atoms with van der Waals surface area (Å²) in [5.74, 6) is 5.28. The smallest absolute Gasteiger partial charge is 0.123 e. The maximum absolute atomic E-state index is 13.1. The van der Waals surface area contributed by atoms with E-state index in [1.165, 1.54) is 12.1 Å². The highest BCUT2D eigenvalue weighted by Crippen LogP contribution is 2.30. The highest BCUT2D eigenvalue weighted by Gasteiger charge is 2.13. The largest absolute Gasteiger partial charge is 0.380 e. The minimum atomic E-state index is -0.219. The molecule has 0 aliphatic carbocycles. The van der Waals surface area contributed by atoms with E-state index in [0.29, 0.717) is 13.2 Å². The molecule has 2 rings (SSSR count). The third kappa shape index (κ3) is 2.81. The van der Waals surface area contributed by atoms with E-state index in [9.17, 15) is 4.39 Å². The summed E-state index contributed by atoms with van der Waals surface area (Å²) in [5, 5.41) is 0.904. The summed E-state index contributed by atoms with van der Waals surface area (Å²) in [7, 11) is 0. The Morgan fingerprint density at radius 2 is 2.29 bits per heavy atom. The summed E-state index contributed by atoms with van der Waals surface area (Å²) in [6.07, 6.45) is 0. The number of hydrogen-bond acceptors (Lipinski definition) is 4. The van der Waals surface area contributed by atoms with E-state index in [1.54, 1.807) is 17.4 Å². The van der Waals surface area contributed by atoms with Crippen molar-refractivity contribution < 1.29 is 9.13 Å². The quantitative estimate of drug-likeness (QED) is 0.637. The first-order chi connectivity index (χ1) is 8.24. The third-order valence-corrected chi connectivity index (χ3v) is 3.76. The van der Waals surface area contributed by atoms with Gasteiger partial charge in [-0.25, -0.2) is 9.82 Å². The van der Waals surface area contributed by atoms with Gasteiger partial charge in [0.15, 0.2) is 0 Å². The Bertz CT molecular complexity index is 500. The molecule has 1 aromatic heterocycles. The van der Waals surface area contributed by atoms with Crippen molar-refractivity contribution in [3.8, 4) is 0 Å². The van der Waals surface area contributed by atoms with E-state index < -0.39 is 0 Å². The van der Waals surface area contributed by atoms with Crippen molar-refractivity contribution in [2.24, 2.45) is 5.84 Å². The fraction of sp³-hybridized carbons (Fsp3) is 0.333. The summed E-state index contributed by atoms with van der Waals surface area (Å²) in [6, 6.07) is 6.69. The van der Waals surface area contributed by atoms with Crippen LogP contribution in [0.2, 0.25) is 0 Å². The molecule has 2 aromatic rings. The van der Waals surface area contributed by atoms with Crippen LogP contribution in [0.3, 0.4) is 0 Å². The van der Waals surface area contributed by atoms with Gasteiger partial charge in [-0.2, -0.15) is 0 Å². The van der Waals surface area contributed by atoms with E-state index >= 15 is 0 Å². The van der Waals surface area contributed by atoms with Crippen molar-refractivity contribution in [1.82, 2.24) is 5.43 Å². The maximum atomic E-state index is 13.1. The van der Waals surface area contributed by atoms with Crippen LogP contribution in [0.15, 0.2) is 24.3 Å². The van der Waals surface area contributed by atoms with Crippen LogP contribution in [0.1, 0.15) is 17.8 Å². The number of nitrogens with one attached hydrogen (secondary N) is 1. The maximum Gasteiger partial charge on any atom is 0.123 e. The Balaban J connectivity index is 2.27. The molecule has 0 saturated heterocycles. The normalized spacial score (nSPS) is 13.1. The van der Waals surface area contributed by atoms with Crippen molar-refractivity contribution >= 4 is 21.4 Å². The zero-order valence-electron chi connectivity index (χ0n) is 9.57. The first-order valence-electron chi connectivity index (χ1n) is 5.47. The molecule has 0 bridgehead atoms. The summed E-state index contributed by atoms with van der Waals surface area (Å²) in [5.41, 5.74) is 2.72. The molecule has 0 radical (unpaired) electrons. The van der Waals surface area contributed by atoms with Crippen LogP contribution in [0.5, 0.6) is 0 Å². The minimum Gasteiger partial charge on any atom is -0.380 e. The molecule has 92 valence electrons. The van der Waals surface area contributed by atoms with Gasteiger partial charge in [-0.15, -0.1) is 11.3 Å². The fourth-order valence-corrected chi connectivity index (χ4v) is 2.74. The number of fused-ring (bicyclic) bond motifs is 1. The molecule has 5 heteroatoms. The van der Waals surface area contributed by atoms with Crippen molar-refractivity contribution in [3.05, 3.63) is 35.0 Å². The van der Waals surface area contributed by atoms with E-state index in [0.717, 1.165) is 15.0 Å². The van der Waals surface area contributed by atoms with Crippen LogP contribution >= 0.6 is 11.3 Å². The molecule has 0 fully saturated rings. The number of nitrogens with two attached hydrogens (primary N) is 1. The van der Waals surface area contributed by atoms with Crippen LogP contribution < -0.4 is 11.3 Å². The van der Waals surface area contributed by atoms with Crippen LogP contribution in [0.25, 0.3) is 10.1 Å². The zero-order chi connectivity index (χ0) is 12.3. The van der Waals surface area contributed by atoms with Gasteiger partial charge in [0, 0.05) is 16.2 Å². The lowest BCUT2D eigenvalue weighted by molar-refractivity contribution is 0.124. The van der Waals surface area contributed by atoms with Gasteiger partial charge < -0.3 is 4.74 Å². The molecule has 1 aromatic carbocycles. The predicted octanol–water partition coefficient (Wildman–Crippen LogP) is 2.58. The molecular weight excluding hydrogens is 239 g/mol. The van der Waals surface area contributed by atoms with Crippen molar-refractivity contribution in [2.75, 3.05) is 13.2 Å². The Morgan fingerprint density at radius 1 is 1.47 bits per heavy atom. The van der Waals surface area contributed by atoms with E-state index in [-0.39, 0.29) is 11.9 Å². The van der Waals surface area contributed by atoms with E-state index in [1.807, 2.05) is 13.0 Å². The molecule has 0 saturated carbocycles. The predicted molar refractivity (Wildman–Crippen MR) is 68.3 cm³/mol. The minimum absolute atomic E-state index is 0.0459. The van der Waals surface area contributed by atoms with Gasteiger partial charge in [-0.3, -0.25) is 5.84 Å². The zero-order valence-corrected chi connectivity index (χ0v) is 10.4. The van der Waals surface area contributed by atoms with Crippen LogP contribution in [0.4, 0.5) is 4.39 Å². The summed E-state index contributed by atoms with van der Waals surface area (Å²) >= 11 is 1.60. The van der Waals surface area contributed by atoms with E-state index in [4.69, 9.17) is 10.6 Å². The first-order valence-corrected chi connectivity index (χ1v) is 6.29. The van der Waals surface area contributed by atoms with Gasteiger partial charge in [0.05, 0.1) is 12.6 Å². The summed E-state index contributed by atoms with van der Waals surface area (Å²) in [6.45, 7) is 3.11. The van der Waals surface area contributed by atoms with Crippen molar-refractivity contribution in [1.29, 1.82) is 0 Å². The average molecular weight is 254 g/mol. The molecule has 17 heavy (non-hydrogen) atoms. The Morgan fingerprint density at radius 3 is 3.00 bits per heavy atom. The molecule has 1 heterocycles. The van der Waals surface area contributed by atoms with Crippen LogP contribution in [-0.4, -0.2) is 13.2 Å². The third-order valence-electron chi connectivity index (χ3n) is 2.53. The Hall–Kier alpha value is -1.01. The molecule has 0 spiro atoms. The summed E-state index contributed by atoms with van der Waals surface area (Å²) < 4.78 is 19.5. The van der Waals surface area contributed by atoms with Gasteiger partial charge in [-0.05, 0) is 36.6 Å². The molecule has 3 nitrogen and oxygen atoms in total. The number of ether oxygens (including phenoxy) is 1. The monoisotopic (exact) mass is 254 g/mol. The molecule has 1 atom stereocenters. The lowest BCUT2D eigenvalue weighted by Gasteiger charge is -2.13. The SMILES string of the molecule is CCOCC(NN)c1cc2cc(F)ccc2s1. The number of benzene rings is 1. The highest BCUT2D eigenvalue weighted by atomic mass is 32.1. The van der Waals surface area contributed by atoms with E-state index in [2.05, 4.69) is 5.43 Å². The van der Waals surface area contributed by atoms with Crippen molar-refractivity contribution in [2.45, 2.75) is 13.0 Å². The average Bonchev–Trinajstić information content (AvgIpc) is 2.72. The molecule has 0 aliphatic rings.